The Morgan fingerprint density at radius 3 is 1.80 bits per heavy atom. The molecule has 0 spiro atoms. The molecule has 10 rings (SSSR count). The number of rotatable bonds is 3. The van der Waals surface area contributed by atoms with E-state index in [1.165, 1.54) is 86.3 Å². The summed E-state index contributed by atoms with van der Waals surface area (Å²) in [5.74, 6) is 0. The average molecular weight is 591 g/mol. The number of nitrogens with zero attached hydrogens (tertiary/aromatic N) is 2. The van der Waals surface area contributed by atoms with Crippen molar-refractivity contribution in [2.45, 2.75) is 0 Å². The van der Waals surface area contributed by atoms with Gasteiger partial charge in [-0.1, -0.05) is 103 Å². The molecule has 7 aromatic carbocycles. The third-order valence-electron chi connectivity index (χ3n) is 9.32. The minimum Gasteiger partial charge on any atom is -0.309 e. The Morgan fingerprint density at radius 1 is 0.356 bits per heavy atom. The smallest absolute Gasteiger partial charge is 0.0640 e. The number of hydrogen-bond acceptors (Lipinski definition) is 1. The van der Waals surface area contributed by atoms with E-state index < -0.39 is 0 Å². The van der Waals surface area contributed by atoms with Crippen LogP contribution in [0.2, 0.25) is 0 Å². The minimum absolute atomic E-state index is 1.18. The molecular formula is C42H26N2S. The number of thiophene rings is 1. The van der Waals surface area contributed by atoms with E-state index in [1.54, 1.807) is 0 Å². The van der Waals surface area contributed by atoms with Crippen molar-refractivity contribution in [2.24, 2.45) is 0 Å². The Bertz CT molecular complexity index is 2760. The van der Waals surface area contributed by atoms with Crippen LogP contribution in [0.15, 0.2) is 158 Å². The Kier molecular flexibility index (Phi) is 5.19. The Balaban J connectivity index is 1.22. The monoisotopic (exact) mass is 590 g/mol. The van der Waals surface area contributed by atoms with Gasteiger partial charge < -0.3 is 9.13 Å². The summed E-state index contributed by atoms with van der Waals surface area (Å²) in [6.45, 7) is 0. The largest absolute Gasteiger partial charge is 0.309 e. The maximum absolute atomic E-state index is 2.46. The third kappa shape index (κ3) is 3.56. The van der Waals surface area contributed by atoms with E-state index in [-0.39, 0.29) is 0 Å². The van der Waals surface area contributed by atoms with Crippen molar-refractivity contribution < 1.29 is 0 Å². The van der Waals surface area contributed by atoms with Crippen LogP contribution in [0, 0.1) is 0 Å². The van der Waals surface area contributed by atoms with Gasteiger partial charge in [0, 0.05) is 42.7 Å². The molecule has 3 heterocycles. The second-order valence-corrected chi connectivity index (χ2v) is 12.8. The van der Waals surface area contributed by atoms with Crippen LogP contribution in [0.5, 0.6) is 0 Å². The van der Waals surface area contributed by atoms with Crippen LogP contribution in [0.25, 0.3) is 86.3 Å². The standard InChI is InChI=1S/C42H26N2S/c1-2-11-29(12-3-1)43-36-17-7-4-13-30(36)32-23-21-28(26-40(32)43)27-22-24-38-35(25-27)31-14-5-8-18-37(31)44(38)39-19-10-16-34-33-15-6-9-20-41(33)45-42(34)39/h1-26H. The van der Waals surface area contributed by atoms with E-state index >= 15 is 0 Å². The lowest BCUT2D eigenvalue weighted by molar-refractivity contribution is 1.18. The van der Waals surface area contributed by atoms with Crippen LogP contribution in [-0.2, 0) is 0 Å². The molecule has 0 aliphatic heterocycles. The van der Waals surface area contributed by atoms with Crippen LogP contribution in [-0.4, -0.2) is 9.13 Å². The minimum atomic E-state index is 1.18. The van der Waals surface area contributed by atoms with Crippen molar-refractivity contribution in [1.82, 2.24) is 9.13 Å². The highest BCUT2D eigenvalue weighted by atomic mass is 32.1. The van der Waals surface area contributed by atoms with Gasteiger partial charge in [-0.05, 0) is 65.7 Å². The molecule has 3 heteroatoms. The average Bonchev–Trinajstić information content (AvgIpc) is 3.76. The summed E-state index contributed by atoms with van der Waals surface area (Å²) in [6, 6.07) is 57.6. The topological polar surface area (TPSA) is 9.86 Å². The second kappa shape index (κ2) is 9.43. The number of hydrogen-bond donors (Lipinski definition) is 0. The van der Waals surface area contributed by atoms with E-state index in [4.69, 9.17) is 0 Å². The molecule has 10 aromatic rings. The van der Waals surface area contributed by atoms with Gasteiger partial charge in [-0.3, -0.25) is 0 Å². The van der Waals surface area contributed by atoms with Crippen LogP contribution in [0.4, 0.5) is 0 Å². The molecule has 0 fully saturated rings. The van der Waals surface area contributed by atoms with Crippen LogP contribution in [0.1, 0.15) is 0 Å². The maximum Gasteiger partial charge on any atom is 0.0640 e. The fraction of sp³-hybridized carbons (Fsp3) is 0. The summed E-state index contributed by atoms with van der Waals surface area (Å²) < 4.78 is 7.50. The first-order chi connectivity index (χ1) is 22.3. The normalized spacial score (nSPS) is 12.0. The first-order valence-corrected chi connectivity index (χ1v) is 16.2. The van der Waals surface area contributed by atoms with Crippen molar-refractivity contribution in [1.29, 1.82) is 0 Å². The molecule has 3 aromatic heterocycles. The molecule has 210 valence electrons. The van der Waals surface area contributed by atoms with Crippen molar-refractivity contribution in [3.8, 4) is 22.5 Å². The molecule has 0 aliphatic rings. The quantitative estimate of drug-likeness (QED) is 0.194. The fourth-order valence-corrected chi connectivity index (χ4v) is 8.53. The molecule has 0 amide bonds. The second-order valence-electron chi connectivity index (χ2n) is 11.8. The number of benzene rings is 7. The van der Waals surface area contributed by atoms with E-state index in [0.717, 1.165) is 0 Å². The lowest BCUT2D eigenvalue weighted by Crippen LogP contribution is -1.94. The van der Waals surface area contributed by atoms with Gasteiger partial charge in [0.1, 0.15) is 0 Å². The van der Waals surface area contributed by atoms with Gasteiger partial charge in [-0.25, -0.2) is 0 Å². The van der Waals surface area contributed by atoms with Gasteiger partial charge >= 0.3 is 0 Å². The van der Waals surface area contributed by atoms with Gasteiger partial charge in [0.2, 0.25) is 0 Å². The molecule has 2 nitrogen and oxygen atoms in total. The lowest BCUT2D eigenvalue weighted by atomic mass is 10.0. The maximum atomic E-state index is 2.46. The van der Waals surface area contributed by atoms with Gasteiger partial charge in [-0.2, -0.15) is 0 Å². The summed E-state index contributed by atoms with van der Waals surface area (Å²) in [4.78, 5) is 0. The molecule has 0 aliphatic carbocycles. The molecule has 0 radical (unpaired) electrons. The van der Waals surface area contributed by atoms with Crippen LogP contribution in [0.3, 0.4) is 0 Å². The summed E-state index contributed by atoms with van der Waals surface area (Å²) in [7, 11) is 0. The number of aromatic nitrogens is 2. The van der Waals surface area contributed by atoms with E-state index in [2.05, 4.69) is 167 Å². The fourth-order valence-electron chi connectivity index (χ4n) is 7.33. The van der Waals surface area contributed by atoms with Crippen LogP contribution < -0.4 is 0 Å². The predicted molar refractivity (Wildman–Crippen MR) is 193 cm³/mol. The first kappa shape index (κ1) is 24.8. The van der Waals surface area contributed by atoms with E-state index in [0.29, 0.717) is 0 Å². The molecular weight excluding hydrogens is 565 g/mol. The molecule has 0 N–H and O–H groups in total. The number of para-hydroxylation sites is 3. The zero-order valence-electron chi connectivity index (χ0n) is 24.3. The van der Waals surface area contributed by atoms with Gasteiger partial charge in [0.15, 0.2) is 0 Å². The molecule has 0 saturated carbocycles. The molecule has 0 unspecified atom stereocenters. The van der Waals surface area contributed by atoms with Crippen molar-refractivity contribution in [3.05, 3.63) is 158 Å². The van der Waals surface area contributed by atoms with E-state index in [9.17, 15) is 0 Å². The summed E-state index contributed by atoms with van der Waals surface area (Å²) >= 11 is 1.88. The highest BCUT2D eigenvalue weighted by molar-refractivity contribution is 7.26. The Morgan fingerprint density at radius 2 is 0.956 bits per heavy atom. The Hall–Kier alpha value is -5.64. The van der Waals surface area contributed by atoms with Gasteiger partial charge in [0.25, 0.3) is 0 Å². The van der Waals surface area contributed by atoms with Crippen molar-refractivity contribution >= 4 is 75.1 Å². The zero-order valence-corrected chi connectivity index (χ0v) is 25.1. The van der Waals surface area contributed by atoms with Gasteiger partial charge in [-0.15, -0.1) is 11.3 Å². The zero-order chi connectivity index (χ0) is 29.5. The predicted octanol–water partition coefficient (Wildman–Crippen LogP) is 11.9. The van der Waals surface area contributed by atoms with Crippen molar-refractivity contribution in [3.63, 3.8) is 0 Å². The summed E-state index contributed by atoms with van der Waals surface area (Å²) in [6.07, 6.45) is 0. The van der Waals surface area contributed by atoms with Gasteiger partial charge in [0.05, 0.1) is 32.5 Å². The highest BCUT2D eigenvalue weighted by Crippen LogP contribution is 2.42. The third-order valence-corrected chi connectivity index (χ3v) is 10.5. The van der Waals surface area contributed by atoms with Crippen molar-refractivity contribution in [2.75, 3.05) is 0 Å². The molecule has 0 atom stereocenters. The van der Waals surface area contributed by atoms with E-state index in [1.807, 2.05) is 11.3 Å². The molecule has 45 heavy (non-hydrogen) atoms. The lowest BCUT2D eigenvalue weighted by Gasteiger charge is -2.10. The van der Waals surface area contributed by atoms with Crippen LogP contribution >= 0.6 is 11.3 Å². The summed E-state index contributed by atoms with van der Waals surface area (Å²) in [5.41, 5.74) is 9.75. The number of fused-ring (bicyclic) bond motifs is 9. The Labute approximate surface area is 263 Å². The SMILES string of the molecule is c1ccc(-n2c3ccccc3c3ccc(-c4ccc5c(c4)c4ccccc4n5-c4cccc5c4sc4ccccc45)cc32)cc1. The summed E-state index contributed by atoms with van der Waals surface area (Å²) in [5, 5.41) is 7.73. The highest BCUT2D eigenvalue weighted by Gasteiger charge is 2.18. The first-order valence-electron chi connectivity index (χ1n) is 15.4. The molecule has 0 bridgehead atoms. The molecule has 0 saturated heterocycles.